The van der Waals surface area contributed by atoms with E-state index in [9.17, 15) is 9.59 Å². The van der Waals surface area contributed by atoms with Crippen LogP contribution in [0.25, 0.3) is 0 Å². The lowest BCUT2D eigenvalue weighted by molar-refractivity contribution is -0.138. The molecule has 1 heterocycles. The Balaban J connectivity index is 2.18. The highest BCUT2D eigenvalue weighted by Gasteiger charge is 2.12. The molecule has 1 atom stereocenters. The number of nitrogens with zero attached hydrogens (tertiary/aromatic N) is 2. The predicted molar refractivity (Wildman–Crippen MR) is 70.2 cm³/mol. The highest BCUT2D eigenvalue weighted by Crippen LogP contribution is 2.06. The van der Waals surface area contributed by atoms with E-state index in [-0.39, 0.29) is 18.4 Å². The second-order valence-electron chi connectivity index (χ2n) is 4.49. The third-order valence-electron chi connectivity index (χ3n) is 2.79. The van der Waals surface area contributed by atoms with Crippen LogP contribution >= 0.6 is 0 Å². The van der Waals surface area contributed by atoms with Gasteiger partial charge in [0.25, 0.3) is 0 Å². The molecule has 1 aromatic heterocycles. The number of aliphatic carboxylic acids is 1. The van der Waals surface area contributed by atoms with Gasteiger partial charge in [0.05, 0.1) is 0 Å². The molecular formula is C12H20N4O4. The molecule has 0 radical (unpaired) electrons. The summed E-state index contributed by atoms with van der Waals surface area (Å²) < 4.78 is 4.91. The lowest BCUT2D eigenvalue weighted by Crippen LogP contribution is -2.39. The van der Waals surface area contributed by atoms with Crippen LogP contribution in [0.1, 0.15) is 31.5 Å². The zero-order valence-electron chi connectivity index (χ0n) is 11.7. The van der Waals surface area contributed by atoms with Crippen molar-refractivity contribution in [1.82, 2.24) is 20.8 Å². The molecule has 0 aliphatic rings. The fourth-order valence-electron chi connectivity index (χ4n) is 1.63. The second-order valence-corrected chi connectivity index (χ2v) is 4.49. The number of urea groups is 1. The maximum atomic E-state index is 11.5. The molecule has 1 unspecified atom stereocenters. The Labute approximate surface area is 116 Å². The van der Waals surface area contributed by atoms with E-state index in [4.69, 9.17) is 9.63 Å². The van der Waals surface area contributed by atoms with E-state index >= 15 is 0 Å². The summed E-state index contributed by atoms with van der Waals surface area (Å²) in [6.45, 7) is 4.34. The van der Waals surface area contributed by atoms with Crippen LogP contribution < -0.4 is 10.6 Å². The third kappa shape index (κ3) is 6.17. The number of nitrogens with one attached hydrogen (secondary N) is 2. The van der Waals surface area contributed by atoms with Gasteiger partial charge in [-0.3, -0.25) is 4.79 Å². The van der Waals surface area contributed by atoms with Gasteiger partial charge in [0.1, 0.15) is 0 Å². The topological polar surface area (TPSA) is 117 Å². The number of hydrogen-bond donors (Lipinski definition) is 3. The summed E-state index contributed by atoms with van der Waals surface area (Å²) in [4.78, 5) is 26.1. The van der Waals surface area contributed by atoms with Gasteiger partial charge in [-0.05, 0) is 12.8 Å². The SMILES string of the molecule is CCC(CNC(=O)NCCc1nc(C)no1)CC(=O)O. The summed E-state index contributed by atoms with van der Waals surface area (Å²) in [6.07, 6.45) is 1.21. The van der Waals surface area contributed by atoms with Crippen molar-refractivity contribution >= 4 is 12.0 Å². The molecule has 1 rings (SSSR count). The number of carboxylic acids is 1. The zero-order chi connectivity index (χ0) is 15.0. The molecule has 8 heteroatoms. The summed E-state index contributed by atoms with van der Waals surface area (Å²) in [5.41, 5.74) is 0. The zero-order valence-corrected chi connectivity index (χ0v) is 11.7. The van der Waals surface area contributed by atoms with Crippen molar-refractivity contribution in [3.63, 3.8) is 0 Å². The normalized spacial score (nSPS) is 11.9. The quantitative estimate of drug-likeness (QED) is 0.647. The molecule has 0 aromatic carbocycles. The van der Waals surface area contributed by atoms with Crippen LogP contribution in [0.3, 0.4) is 0 Å². The van der Waals surface area contributed by atoms with Crippen molar-refractivity contribution in [3.05, 3.63) is 11.7 Å². The maximum absolute atomic E-state index is 11.5. The first-order valence-electron chi connectivity index (χ1n) is 6.54. The maximum Gasteiger partial charge on any atom is 0.314 e. The van der Waals surface area contributed by atoms with Crippen molar-refractivity contribution in [1.29, 1.82) is 0 Å². The summed E-state index contributed by atoms with van der Waals surface area (Å²) in [5, 5.41) is 17.6. The summed E-state index contributed by atoms with van der Waals surface area (Å²) in [6, 6.07) is -0.329. The molecule has 2 amide bonds. The monoisotopic (exact) mass is 284 g/mol. The molecule has 0 saturated heterocycles. The number of aryl methyl sites for hydroxylation is 1. The first kappa shape index (κ1) is 15.9. The molecule has 1 aromatic rings. The minimum Gasteiger partial charge on any atom is -0.481 e. The average molecular weight is 284 g/mol. The molecule has 0 saturated carbocycles. The fourth-order valence-corrected chi connectivity index (χ4v) is 1.63. The Bertz CT molecular complexity index is 446. The van der Waals surface area contributed by atoms with Crippen LogP contribution in [0.4, 0.5) is 4.79 Å². The molecule has 3 N–H and O–H groups in total. The highest BCUT2D eigenvalue weighted by atomic mass is 16.5. The van der Waals surface area contributed by atoms with E-state index < -0.39 is 5.97 Å². The Morgan fingerprint density at radius 3 is 2.70 bits per heavy atom. The number of amides is 2. The Kier molecular flexibility index (Phi) is 6.48. The molecule has 112 valence electrons. The van der Waals surface area contributed by atoms with E-state index in [1.807, 2.05) is 6.92 Å². The average Bonchev–Trinajstić information content (AvgIpc) is 2.80. The lowest BCUT2D eigenvalue weighted by Gasteiger charge is -2.13. The highest BCUT2D eigenvalue weighted by molar-refractivity contribution is 5.74. The number of rotatable bonds is 8. The Hall–Kier alpha value is -2.12. The number of carboxylic acid groups (broad SMARTS) is 1. The van der Waals surface area contributed by atoms with Gasteiger partial charge < -0.3 is 20.3 Å². The molecule has 0 aliphatic carbocycles. The van der Waals surface area contributed by atoms with Crippen LogP contribution in [-0.2, 0) is 11.2 Å². The van der Waals surface area contributed by atoms with Crippen molar-refractivity contribution in [2.75, 3.05) is 13.1 Å². The predicted octanol–water partition coefficient (Wildman–Crippen LogP) is 0.721. The van der Waals surface area contributed by atoms with Gasteiger partial charge in [-0.2, -0.15) is 4.98 Å². The van der Waals surface area contributed by atoms with Crippen LogP contribution in [0.15, 0.2) is 4.52 Å². The Morgan fingerprint density at radius 2 is 2.15 bits per heavy atom. The summed E-state index contributed by atoms with van der Waals surface area (Å²) >= 11 is 0. The third-order valence-corrected chi connectivity index (χ3v) is 2.79. The van der Waals surface area contributed by atoms with Crippen LogP contribution in [-0.4, -0.2) is 40.3 Å². The first-order valence-corrected chi connectivity index (χ1v) is 6.54. The number of hydrogen-bond acceptors (Lipinski definition) is 5. The van der Waals surface area contributed by atoms with Crippen LogP contribution in [0, 0.1) is 12.8 Å². The number of carbonyl (C=O) groups is 2. The van der Waals surface area contributed by atoms with E-state index in [1.54, 1.807) is 6.92 Å². The molecule has 0 aliphatic heterocycles. The van der Waals surface area contributed by atoms with Gasteiger partial charge in [-0.15, -0.1) is 0 Å². The molecule has 0 bridgehead atoms. The lowest BCUT2D eigenvalue weighted by atomic mass is 10.0. The van der Waals surface area contributed by atoms with Gasteiger partial charge in [-0.25, -0.2) is 4.79 Å². The van der Waals surface area contributed by atoms with Gasteiger partial charge >= 0.3 is 12.0 Å². The molecule has 0 fully saturated rings. The number of aromatic nitrogens is 2. The molecule has 20 heavy (non-hydrogen) atoms. The fraction of sp³-hybridized carbons (Fsp3) is 0.667. The van der Waals surface area contributed by atoms with Gasteiger partial charge in [0.15, 0.2) is 5.82 Å². The van der Waals surface area contributed by atoms with Crippen molar-refractivity contribution in [2.45, 2.75) is 33.1 Å². The second kappa shape index (κ2) is 8.13. The van der Waals surface area contributed by atoms with Crippen LogP contribution in [0.2, 0.25) is 0 Å². The largest absolute Gasteiger partial charge is 0.481 e. The standard InChI is InChI=1S/C12H20N4O4/c1-3-9(6-11(17)18)7-14-12(19)13-5-4-10-15-8(2)16-20-10/h9H,3-7H2,1-2H3,(H,17,18)(H2,13,14,19). The minimum absolute atomic E-state index is 0.0536. The molecule has 8 nitrogen and oxygen atoms in total. The van der Waals surface area contributed by atoms with Gasteiger partial charge in [0.2, 0.25) is 5.89 Å². The van der Waals surface area contributed by atoms with Crippen molar-refractivity contribution < 1.29 is 19.2 Å². The summed E-state index contributed by atoms with van der Waals surface area (Å²) in [5.74, 6) is 0.117. The van der Waals surface area contributed by atoms with E-state index in [0.29, 0.717) is 37.6 Å². The summed E-state index contributed by atoms with van der Waals surface area (Å²) in [7, 11) is 0. The van der Waals surface area contributed by atoms with E-state index in [0.717, 1.165) is 0 Å². The van der Waals surface area contributed by atoms with Crippen molar-refractivity contribution in [3.8, 4) is 0 Å². The van der Waals surface area contributed by atoms with E-state index in [2.05, 4.69) is 20.8 Å². The van der Waals surface area contributed by atoms with Crippen molar-refractivity contribution in [2.24, 2.45) is 5.92 Å². The molecule has 0 spiro atoms. The van der Waals surface area contributed by atoms with Crippen LogP contribution in [0.5, 0.6) is 0 Å². The number of carbonyl (C=O) groups excluding carboxylic acids is 1. The minimum atomic E-state index is -0.856. The van der Waals surface area contributed by atoms with Gasteiger partial charge in [-0.1, -0.05) is 18.5 Å². The van der Waals surface area contributed by atoms with E-state index in [1.165, 1.54) is 0 Å². The van der Waals surface area contributed by atoms with Gasteiger partial charge in [0, 0.05) is 25.9 Å². The smallest absolute Gasteiger partial charge is 0.314 e. The first-order chi connectivity index (χ1) is 9.51. The Morgan fingerprint density at radius 1 is 1.40 bits per heavy atom. The molecular weight excluding hydrogens is 264 g/mol.